The Morgan fingerprint density at radius 2 is 1.95 bits per heavy atom. The molecule has 0 radical (unpaired) electrons. The van der Waals surface area contributed by atoms with Crippen molar-refractivity contribution in [1.82, 2.24) is 24.3 Å². The van der Waals surface area contributed by atoms with Gasteiger partial charge in [-0.1, -0.05) is 6.07 Å². The summed E-state index contributed by atoms with van der Waals surface area (Å²) in [6.07, 6.45) is 0.450. The molecule has 1 saturated carbocycles. The van der Waals surface area contributed by atoms with Gasteiger partial charge in [0.05, 0.1) is 24.4 Å². The van der Waals surface area contributed by atoms with Crippen molar-refractivity contribution in [2.45, 2.75) is 44.6 Å². The van der Waals surface area contributed by atoms with E-state index < -0.39 is 11.9 Å². The monoisotopic (exact) mass is 524 g/mol. The van der Waals surface area contributed by atoms with Gasteiger partial charge < -0.3 is 15.0 Å². The minimum absolute atomic E-state index is 0.0539. The molecule has 1 amide bonds. The fraction of sp³-hybridized carbons (Fsp3) is 0.308. The number of pyridine rings is 1. The van der Waals surface area contributed by atoms with Gasteiger partial charge in [0.1, 0.15) is 23.6 Å². The van der Waals surface area contributed by atoms with E-state index >= 15 is 0 Å². The molecule has 194 valence electrons. The van der Waals surface area contributed by atoms with E-state index in [-0.39, 0.29) is 42.2 Å². The summed E-state index contributed by atoms with van der Waals surface area (Å²) < 4.78 is 62.2. The summed E-state index contributed by atoms with van der Waals surface area (Å²) in [4.78, 5) is 27.9. The third-order valence-electron chi connectivity index (χ3n) is 7.26. The molecule has 7 rings (SSSR count). The molecule has 5 heterocycles. The third-order valence-corrected chi connectivity index (χ3v) is 7.26. The minimum atomic E-state index is -4.62. The molecule has 0 bridgehead atoms. The van der Waals surface area contributed by atoms with Crippen LogP contribution in [0, 0.1) is 5.82 Å². The number of rotatable bonds is 4. The maximum atomic E-state index is 14.7. The van der Waals surface area contributed by atoms with Gasteiger partial charge in [-0.15, -0.1) is 0 Å². The standard InChI is InChI=1S/C26H20F4N6O2/c27-18-4-5-20-15(7-8-38-20)16(18)9-31-25-32-10-17-14-3-6-21(26(28,29)30)34-19(14)11-35(13-1-2-13)24(37)22-23(17)36(25)12-33-22/h3-6,10,12-13H,1-2,7-9,11H2,(H,31,32). The Morgan fingerprint density at radius 3 is 2.74 bits per heavy atom. The van der Waals surface area contributed by atoms with Crippen LogP contribution >= 0.6 is 0 Å². The van der Waals surface area contributed by atoms with Crippen molar-refractivity contribution in [2.24, 2.45) is 0 Å². The van der Waals surface area contributed by atoms with Gasteiger partial charge in [0, 0.05) is 47.5 Å². The molecule has 3 aliphatic rings. The van der Waals surface area contributed by atoms with E-state index in [2.05, 4.69) is 20.3 Å². The molecule has 1 N–H and O–H groups in total. The van der Waals surface area contributed by atoms with Crippen molar-refractivity contribution in [2.75, 3.05) is 11.9 Å². The number of hydrogen-bond acceptors (Lipinski definition) is 6. The molecule has 3 aromatic heterocycles. The van der Waals surface area contributed by atoms with Crippen molar-refractivity contribution < 1.29 is 27.1 Å². The Labute approximate surface area is 213 Å². The molecule has 2 aliphatic heterocycles. The lowest BCUT2D eigenvalue weighted by atomic mass is 10.0. The zero-order chi connectivity index (χ0) is 26.2. The van der Waals surface area contributed by atoms with Gasteiger partial charge in [-0.2, -0.15) is 13.2 Å². The number of nitrogens with one attached hydrogen (secondary N) is 1. The van der Waals surface area contributed by atoms with E-state index in [4.69, 9.17) is 4.74 Å². The van der Waals surface area contributed by atoms with Crippen LogP contribution in [0.25, 0.3) is 16.6 Å². The smallest absolute Gasteiger partial charge is 0.433 e. The molecule has 1 aliphatic carbocycles. The topological polar surface area (TPSA) is 84.7 Å². The first-order valence-electron chi connectivity index (χ1n) is 12.2. The first-order chi connectivity index (χ1) is 18.3. The quantitative estimate of drug-likeness (QED) is 0.393. The number of anilines is 1. The van der Waals surface area contributed by atoms with Crippen LogP contribution in [0.3, 0.4) is 0 Å². The molecular weight excluding hydrogens is 504 g/mol. The molecule has 0 atom stereocenters. The average molecular weight is 524 g/mol. The fourth-order valence-corrected chi connectivity index (χ4v) is 5.25. The Bertz CT molecular complexity index is 1630. The molecule has 8 nitrogen and oxygen atoms in total. The molecule has 4 aromatic rings. The fourth-order valence-electron chi connectivity index (χ4n) is 5.25. The van der Waals surface area contributed by atoms with Gasteiger partial charge in [-0.25, -0.2) is 19.3 Å². The second-order valence-corrected chi connectivity index (χ2v) is 9.61. The highest BCUT2D eigenvalue weighted by Gasteiger charge is 2.39. The number of halogens is 4. The lowest BCUT2D eigenvalue weighted by Crippen LogP contribution is -2.34. The van der Waals surface area contributed by atoms with Crippen LogP contribution in [0.2, 0.25) is 0 Å². The number of fused-ring (bicyclic) bond motifs is 3. The number of alkyl halides is 3. The summed E-state index contributed by atoms with van der Waals surface area (Å²) in [6.45, 7) is 0.543. The predicted octanol–water partition coefficient (Wildman–Crippen LogP) is 4.61. The van der Waals surface area contributed by atoms with Crippen LogP contribution in [-0.4, -0.2) is 42.8 Å². The van der Waals surface area contributed by atoms with E-state index in [0.717, 1.165) is 24.5 Å². The minimum Gasteiger partial charge on any atom is -0.493 e. The predicted molar refractivity (Wildman–Crippen MR) is 127 cm³/mol. The second-order valence-electron chi connectivity index (χ2n) is 9.61. The molecule has 12 heteroatoms. The number of benzene rings is 1. The number of aromatic nitrogens is 4. The highest BCUT2D eigenvalue weighted by atomic mass is 19.4. The molecular formula is C26H20F4N6O2. The van der Waals surface area contributed by atoms with Gasteiger partial charge in [-0.3, -0.25) is 9.20 Å². The summed E-state index contributed by atoms with van der Waals surface area (Å²) in [6, 6.07) is 5.20. The summed E-state index contributed by atoms with van der Waals surface area (Å²) in [7, 11) is 0. The van der Waals surface area contributed by atoms with Crippen molar-refractivity contribution in [3.63, 3.8) is 0 Å². The Kier molecular flexibility index (Phi) is 4.91. The van der Waals surface area contributed by atoms with Crippen molar-refractivity contribution >= 4 is 17.4 Å². The van der Waals surface area contributed by atoms with Gasteiger partial charge >= 0.3 is 6.18 Å². The average Bonchev–Trinajstić information content (AvgIpc) is 3.44. The largest absolute Gasteiger partial charge is 0.493 e. The van der Waals surface area contributed by atoms with Crippen LogP contribution in [0.4, 0.5) is 23.5 Å². The number of amides is 1. The van der Waals surface area contributed by atoms with E-state index in [0.29, 0.717) is 46.9 Å². The van der Waals surface area contributed by atoms with E-state index in [1.54, 1.807) is 15.4 Å². The first kappa shape index (κ1) is 22.9. The zero-order valence-electron chi connectivity index (χ0n) is 19.8. The van der Waals surface area contributed by atoms with Crippen LogP contribution in [0.1, 0.15) is 45.8 Å². The van der Waals surface area contributed by atoms with Gasteiger partial charge in [0.25, 0.3) is 5.91 Å². The van der Waals surface area contributed by atoms with Crippen molar-refractivity contribution in [3.8, 4) is 16.9 Å². The Hall–Kier alpha value is -4.22. The normalized spacial score (nSPS) is 16.6. The number of ether oxygens (including phenoxy) is 1. The van der Waals surface area contributed by atoms with Gasteiger partial charge in [0.15, 0.2) is 5.69 Å². The van der Waals surface area contributed by atoms with Crippen LogP contribution in [0.5, 0.6) is 5.75 Å². The maximum absolute atomic E-state index is 14.7. The summed E-state index contributed by atoms with van der Waals surface area (Å²) >= 11 is 0. The maximum Gasteiger partial charge on any atom is 0.433 e. The van der Waals surface area contributed by atoms with Crippen molar-refractivity contribution in [3.05, 3.63) is 70.8 Å². The Morgan fingerprint density at radius 1 is 1.11 bits per heavy atom. The van der Waals surface area contributed by atoms with Crippen LogP contribution in [-0.2, 0) is 25.7 Å². The highest BCUT2D eigenvalue weighted by Crippen LogP contribution is 2.39. The molecule has 0 spiro atoms. The number of hydrogen-bond donors (Lipinski definition) is 1. The SMILES string of the molecule is O=C1c2ncn3c(NCc4c(F)ccc5c4CCO5)ncc(c23)-c2ccc(C(F)(F)F)nc2CN1C1CC1. The first-order valence-corrected chi connectivity index (χ1v) is 12.2. The van der Waals surface area contributed by atoms with Gasteiger partial charge in [0.2, 0.25) is 5.95 Å². The third kappa shape index (κ3) is 3.57. The highest BCUT2D eigenvalue weighted by molar-refractivity contribution is 6.04. The van der Waals surface area contributed by atoms with Crippen LogP contribution in [0.15, 0.2) is 36.8 Å². The molecule has 1 fully saturated rings. The van der Waals surface area contributed by atoms with Crippen molar-refractivity contribution in [1.29, 1.82) is 0 Å². The van der Waals surface area contributed by atoms with Gasteiger partial charge in [-0.05, 0) is 31.0 Å². The number of imidazole rings is 1. The second kappa shape index (κ2) is 8.14. The van der Waals surface area contributed by atoms with E-state index in [1.807, 2.05) is 0 Å². The molecule has 0 unspecified atom stereocenters. The lowest BCUT2D eigenvalue weighted by molar-refractivity contribution is -0.141. The van der Waals surface area contributed by atoms with Crippen LogP contribution < -0.4 is 10.1 Å². The number of nitrogens with zero attached hydrogens (tertiary/aromatic N) is 5. The summed E-state index contributed by atoms with van der Waals surface area (Å²) in [5, 5.41) is 3.14. The number of carbonyl (C=O) groups is 1. The molecule has 38 heavy (non-hydrogen) atoms. The summed E-state index contributed by atoms with van der Waals surface area (Å²) in [5.41, 5.74) is 1.88. The Balaban J connectivity index is 1.35. The summed E-state index contributed by atoms with van der Waals surface area (Å²) in [5.74, 6) is 0.219. The lowest BCUT2D eigenvalue weighted by Gasteiger charge is -2.26. The number of carbonyl (C=O) groups excluding carboxylic acids is 1. The van der Waals surface area contributed by atoms with E-state index in [1.165, 1.54) is 24.7 Å². The molecule has 1 aromatic carbocycles. The molecule has 0 saturated heterocycles. The zero-order valence-corrected chi connectivity index (χ0v) is 19.8. The van der Waals surface area contributed by atoms with E-state index in [9.17, 15) is 22.4 Å².